The number of aryl methyl sites for hydroxylation is 1. The topological polar surface area (TPSA) is 68.9 Å². The van der Waals surface area contributed by atoms with Gasteiger partial charge in [-0.3, -0.25) is 13.9 Å². The molecule has 0 radical (unpaired) electrons. The zero-order valence-corrected chi connectivity index (χ0v) is 15.5. The average Bonchev–Trinajstić information content (AvgIpc) is 3.13. The van der Waals surface area contributed by atoms with Gasteiger partial charge in [0.15, 0.2) is 5.13 Å². The molecule has 0 saturated carbocycles. The summed E-state index contributed by atoms with van der Waals surface area (Å²) < 4.78 is 4.04. The average molecular weight is 387 g/mol. The molecule has 1 N–H and O–H groups in total. The molecule has 0 aliphatic rings. The lowest BCUT2D eigenvalue weighted by Gasteiger charge is -2.03. The van der Waals surface area contributed by atoms with E-state index in [-0.39, 0.29) is 18.1 Å². The van der Waals surface area contributed by atoms with E-state index in [2.05, 4.69) is 10.3 Å². The number of nitrogens with zero attached hydrogens (tertiary/aromatic N) is 3. The van der Waals surface area contributed by atoms with Crippen molar-refractivity contribution in [2.75, 3.05) is 5.32 Å². The third kappa shape index (κ3) is 2.89. The largest absolute Gasteiger partial charge is 0.329 e. The number of imidazole rings is 1. The molecule has 26 heavy (non-hydrogen) atoms. The van der Waals surface area contributed by atoms with Gasteiger partial charge in [-0.15, -0.1) is 0 Å². The van der Waals surface area contributed by atoms with E-state index in [1.54, 1.807) is 10.6 Å². The fourth-order valence-electron chi connectivity index (χ4n) is 2.99. The van der Waals surface area contributed by atoms with Crippen LogP contribution in [-0.4, -0.2) is 20.0 Å². The lowest BCUT2D eigenvalue weighted by Crippen LogP contribution is -2.29. The summed E-state index contributed by atoms with van der Waals surface area (Å²) in [6, 6.07) is 12.8. The molecule has 2 heterocycles. The first-order valence-electron chi connectivity index (χ1n) is 8.11. The summed E-state index contributed by atoms with van der Waals surface area (Å²) >= 11 is 7.33. The molecule has 0 saturated heterocycles. The molecule has 0 aliphatic carbocycles. The van der Waals surface area contributed by atoms with Gasteiger partial charge in [0.05, 0.1) is 21.3 Å². The van der Waals surface area contributed by atoms with Crippen LogP contribution in [0.2, 0.25) is 5.02 Å². The number of anilines is 1. The number of amides is 1. The Labute approximate surface area is 157 Å². The normalized spacial score (nSPS) is 11.3. The number of halogens is 1. The summed E-state index contributed by atoms with van der Waals surface area (Å²) in [4.78, 5) is 29.5. The van der Waals surface area contributed by atoms with E-state index in [0.717, 1.165) is 21.3 Å². The molecule has 132 valence electrons. The van der Waals surface area contributed by atoms with Crippen molar-refractivity contribution in [2.24, 2.45) is 0 Å². The van der Waals surface area contributed by atoms with Crippen LogP contribution in [0.15, 0.2) is 47.3 Å². The van der Waals surface area contributed by atoms with Gasteiger partial charge in [0.1, 0.15) is 6.54 Å². The molecule has 1 amide bonds. The smallest absolute Gasteiger partial charge is 0.300 e. The highest BCUT2D eigenvalue weighted by Crippen LogP contribution is 2.28. The summed E-state index contributed by atoms with van der Waals surface area (Å²) in [7, 11) is 0. The molecule has 4 aromatic rings. The van der Waals surface area contributed by atoms with E-state index >= 15 is 0 Å². The zero-order chi connectivity index (χ0) is 18.3. The Bertz CT molecular complexity index is 1190. The predicted octanol–water partition coefficient (Wildman–Crippen LogP) is 3.72. The van der Waals surface area contributed by atoms with Crippen LogP contribution < -0.4 is 11.0 Å². The number of nitrogens with one attached hydrogen (secondary N) is 1. The van der Waals surface area contributed by atoms with Crippen molar-refractivity contribution in [1.29, 1.82) is 0 Å². The highest BCUT2D eigenvalue weighted by molar-refractivity contribution is 7.22. The van der Waals surface area contributed by atoms with Crippen LogP contribution in [0.4, 0.5) is 5.13 Å². The second kappa shape index (κ2) is 6.59. The zero-order valence-electron chi connectivity index (χ0n) is 13.9. The molecule has 0 bridgehead atoms. The number of hydrogen-bond acceptors (Lipinski definition) is 4. The van der Waals surface area contributed by atoms with Gasteiger partial charge in [-0.25, -0.2) is 9.78 Å². The molecule has 0 fully saturated rings. The van der Waals surface area contributed by atoms with Gasteiger partial charge in [-0.2, -0.15) is 0 Å². The van der Waals surface area contributed by atoms with E-state index in [4.69, 9.17) is 11.6 Å². The van der Waals surface area contributed by atoms with E-state index in [1.807, 2.05) is 43.3 Å². The third-order valence-electron chi connectivity index (χ3n) is 4.14. The number of para-hydroxylation sites is 2. The first-order chi connectivity index (χ1) is 12.6. The van der Waals surface area contributed by atoms with E-state index < -0.39 is 0 Å². The molecule has 8 heteroatoms. The second-order valence-corrected chi connectivity index (χ2v) is 7.25. The highest BCUT2D eigenvalue weighted by atomic mass is 35.5. The van der Waals surface area contributed by atoms with Crippen molar-refractivity contribution in [2.45, 2.75) is 20.0 Å². The van der Waals surface area contributed by atoms with Crippen LogP contribution >= 0.6 is 22.9 Å². The Morgan fingerprint density at radius 3 is 2.65 bits per heavy atom. The molecule has 2 aromatic heterocycles. The van der Waals surface area contributed by atoms with Crippen LogP contribution in [0, 0.1) is 0 Å². The van der Waals surface area contributed by atoms with Gasteiger partial charge >= 0.3 is 5.69 Å². The van der Waals surface area contributed by atoms with Crippen molar-refractivity contribution in [3.8, 4) is 0 Å². The number of fused-ring (bicyclic) bond motifs is 2. The van der Waals surface area contributed by atoms with Gasteiger partial charge in [-0.1, -0.05) is 35.1 Å². The Morgan fingerprint density at radius 1 is 1.19 bits per heavy atom. The Hall–Kier alpha value is -2.64. The maximum atomic E-state index is 12.6. The van der Waals surface area contributed by atoms with E-state index in [9.17, 15) is 9.59 Å². The molecule has 0 unspecified atom stereocenters. The van der Waals surface area contributed by atoms with Crippen LogP contribution in [-0.2, 0) is 17.9 Å². The van der Waals surface area contributed by atoms with Crippen molar-refractivity contribution in [1.82, 2.24) is 14.1 Å². The second-order valence-electron chi connectivity index (χ2n) is 5.78. The lowest BCUT2D eigenvalue weighted by molar-refractivity contribution is -0.116. The molecule has 0 atom stereocenters. The Balaban J connectivity index is 1.63. The maximum Gasteiger partial charge on any atom is 0.329 e. The number of carbonyl (C=O) groups excluding carboxylic acids is 1. The number of benzene rings is 2. The molecular formula is C18H15ClN4O2S. The summed E-state index contributed by atoms with van der Waals surface area (Å²) in [5.41, 5.74) is 2.14. The van der Waals surface area contributed by atoms with Crippen LogP contribution in [0.1, 0.15) is 6.92 Å². The molecular weight excluding hydrogens is 372 g/mol. The van der Waals surface area contributed by atoms with Crippen molar-refractivity contribution in [3.05, 3.63) is 58.0 Å². The number of carbonyl (C=O) groups is 1. The molecule has 6 nitrogen and oxygen atoms in total. The van der Waals surface area contributed by atoms with Crippen molar-refractivity contribution in [3.63, 3.8) is 0 Å². The highest BCUT2D eigenvalue weighted by Gasteiger charge is 2.15. The molecule has 0 spiro atoms. The summed E-state index contributed by atoms with van der Waals surface area (Å²) in [6.07, 6.45) is 0. The number of rotatable bonds is 4. The molecule has 4 rings (SSSR count). The maximum absolute atomic E-state index is 12.6. The van der Waals surface area contributed by atoms with Gasteiger partial charge < -0.3 is 5.32 Å². The molecule has 2 aromatic carbocycles. The van der Waals surface area contributed by atoms with E-state index in [0.29, 0.717) is 16.7 Å². The number of thiazole rings is 1. The van der Waals surface area contributed by atoms with Gasteiger partial charge in [-0.05, 0) is 37.3 Å². The fourth-order valence-corrected chi connectivity index (χ4v) is 4.14. The van der Waals surface area contributed by atoms with E-state index in [1.165, 1.54) is 15.9 Å². The van der Waals surface area contributed by atoms with Gasteiger partial charge in [0.25, 0.3) is 0 Å². The predicted molar refractivity (Wildman–Crippen MR) is 105 cm³/mol. The fraction of sp³-hybridized carbons (Fsp3) is 0.167. The lowest BCUT2D eigenvalue weighted by atomic mass is 10.3. The first kappa shape index (κ1) is 16.8. The number of hydrogen-bond donors (Lipinski definition) is 1. The minimum absolute atomic E-state index is 0.0664. The first-order valence-corrected chi connectivity index (χ1v) is 9.30. The van der Waals surface area contributed by atoms with Gasteiger partial charge in [0, 0.05) is 11.6 Å². The Morgan fingerprint density at radius 2 is 1.92 bits per heavy atom. The summed E-state index contributed by atoms with van der Waals surface area (Å²) in [5.74, 6) is -0.295. The third-order valence-corrected chi connectivity index (χ3v) is 5.31. The summed E-state index contributed by atoms with van der Waals surface area (Å²) in [6.45, 7) is 2.39. The number of aromatic nitrogens is 3. The molecule has 0 aliphatic heterocycles. The minimum Gasteiger partial charge on any atom is -0.300 e. The van der Waals surface area contributed by atoms with Gasteiger partial charge in [0.2, 0.25) is 5.91 Å². The van der Waals surface area contributed by atoms with Crippen LogP contribution in [0.3, 0.4) is 0 Å². The SMILES string of the molecule is CCn1c(=O)n(CC(=O)Nc2nc3ccc(Cl)cc3s2)c2ccccc21. The van der Waals surface area contributed by atoms with Crippen LogP contribution in [0.25, 0.3) is 21.3 Å². The van der Waals surface area contributed by atoms with Crippen molar-refractivity contribution >= 4 is 55.2 Å². The van der Waals surface area contributed by atoms with Crippen molar-refractivity contribution < 1.29 is 4.79 Å². The van der Waals surface area contributed by atoms with Crippen LogP contribution in [0.5, 0.6) is 0 Å². The summed E-state index contributed by atoms with van der Waals surface area (Å²) in [5, 5.41) is 3.88. The standard InChI is InChI=1S/C18H15ClN4O2S/c1-2-22-13-5-3-4-6-14(13)23(18(22)25)10-16(24)21-17-20-12-8-7-11(19)9-15(12)26-17/h3-9H,2,10H2,1H3,(H,20,21,24). The quantitative estimate of drug-likeness (QED) is 0.581. The Kier molecular flexibility index (Phi) is 4.26. The monoisotopic (exact) mass is 386 g/mol. The minimum atomic E-state index is -0.295.